The van der Waals surface area contributed by atoms with Crippen molar-refractivity contribution in [3.8, 4) is 0 Å². The number of carbonyl (C=O) groups is 1. The van der Waals surface area contributed by atoms with Gasteiger partial charge in [-0.2, -0.15) is 0 Å². The molecule has 3 nitrogen and oxygen atoms in total. The first kappa shape index (κ1) is 12.9. The van der Waals surface area contributed by atoms with E-state index < -0.39 is 11.5 Å². The highest BCUT2D eigenvalue weighted by atomic mass is 32.2. The van der Waals surface area contributed by atoms with Gasteiger partial charge in [-0.1, -0.05) is 6.92 Å². The second-order valence-electron chi connectivity index (χ2n) is 3.84. The predicted molar refractivity (Wildman–Crippen MR) is 68.2 cm³/mol. The van der Waals surface area contributed by atoms with Crippen LogP contribution in [0.1, 0.15) is 20.3 Å². The molecule has 0 aliphatic heterocycles. The van der Waals surface area contributed by atoms with Gasteiger partial charge in [0.05, 0.1) is 0 Å². The van der Waals surface area contributed by atoms with Crippen molar-refractivity contribution in [1.82, 2.24) is 0 Å². The minimum Gasteiger partial charge on any atom is -0.480 e. The summed E-state index contributed by atoms with van der Waals surface area (Å²) in [4.78, 5) is 12.3. The number of hydrogen-bond donors (Lipinski definition) is 2. The number of thioether (sulfide) groups is 1. The highest BCUT2D eigenvalue weighted by Gasteiger charge is 2.30. The average molecular weight is 239 g/mol. The van der Waals surface area contributed by atoms with Gasteiger partial charge in [-0.15, -0.1) is 11.8 Å². The van der Waals surface area contributed by atoms with Crippen LogP contribution in [0.25, 0.3) is 0 Å². The fourth-order valence-corrected chi connectivity index (χ4v) is 1.69. The third kappa shape index (κ3) is 2.92. The predicted octanol–water partition coefficient (Wildman–Crippen LogP) is 3.07. The minimum absolute atomic E-state index is 0.534. The highest BCUT2D eigenvalue weighted by Crippen LogP contribution is 2.22. The van der Waals surface area contributed by atoms with Crippen molar-refractivity contribution in [2.45, 2.75) is 30.7 Å². The summed E-state index contributed by atoms with van der Waals surface area (Å²) in [6.45, 7) is 3.55. The molecule has 1 atom stereocenters. The van der Waals surface area contributed by atoms with Crippen molar-refractivity contribution >= 4 is 23.4 Å². The molecular weight excluding hydrogens is 222 g/mol. The van der Waals surface area contributed by atoms with Crippen LogP contribution in [-0.2, 0) is 4.79 Å². The molecule has 0 heterocycles. The van der Waals surface area contributed by atoms with Gasteiger partial charge in [0.2, 0.25) is 0 Å². The normalized spacial score (nSPS) is 14.2. The Kier molecular flexibility index (Phi) is 4.24. The van der Waals surface area contributed by atoms with E-state index in [9.17, 15) is 4.79 Å². The number of carboxylic acid groups (broad SMARTS) is 1. The number of carboxylic acids is 1. The van der Waals surface area contributed by atoms with Gasteiger partial charge >= 0.3 is 5.97 Å². The summed E-state index contributed by atoms with van der Waals surface area (Å²) in [6.07, 6.45) is 2.54. The molecule has 0 amide bonds. The molecule has 1 aromatic carbocycles. The standard InChI is InChI=1S/C12H17NO2S/c1-4-12(2,11(14)15)13-9-5-7-10(16-3)8-6-9/h5-8,13H,4H2,1-3H3,(H,14,15). The molecule has 2 N–H and O–H groups in total. The molecule has 0 aromatic heterocycles. The Morgan fingerprint density at radius 3 is 2.38 bits per heavy atom. The molecule has 0 radical (unpaired) electrons. The van der Waals surface area contributed by atoms with E-state index in [0.717, 1.165) is 5.69 Å². The molecular formula is C12H17NO2S. The van der Waals surface area contributed by atoms with Crippen LogP contribution >= 0.6 is 11.8 Å². The topological polar surface area (TPSA) is 49.3 Å². The number of benzene rings is 1. The van der Waals surface area contributed by atoms with Gasteiger partial charge < -0.3 is 10.4 Å². The first-order valence-electron chi connectivity index (χ1n) is 5.17. The molecule has 88 valence electrons. The van der Waals surface area contributed by atoms with Crippen LogP contribution in [0.15, 0.2) is 29.2 Å². The zero-order chi connectivity index (χ0) is 12.2. The zero-order valence-corrected chi connectivity index (χ0v) is 10.6. The van der Waals surface area contributed by atoms with Gasteiger partial charge in [0.25, 0.3) is 0 Å². The Morgan fingerprint density at radius 2 is 2.00 bits per heavy atom. The van der Waals surface area contributed by atoms with E-state index in [4.69, 9.17) is 5.11 Å². The van der Waals surface area contributed by atoms with Crippen molar-refractivity contribution in [1.29, 1.82) is 0 Å². The Morgan fingerprint density at radius 1 is 1.44 bits per heavy atom. The molecule has 0 aliphatic carbocycles. The van der Waals surface area contributed by atoms with E-state index >= 15 is 0 Å². The average Bonchev–Trinajstić information content (AvgIpc) is 2.29. The number of anilines is 1. The summed E-state index contributed by atoms with van der Waals surface area (Å²) in [5.41, 5.74) is -0.0644. The summed E-state index contributed by atoms with van der Waals surface area (Å²) < 4.78 is 0. The summed E-state index contributed by atoms with van der Waals surface area (Å²) in [7, 11) is 0. The minimum atomic E-state index is -0.902. The molecule has 1 rings (SSSR count). The first-order chi connectivity index (χ1) is 7.51. The van der Waals surface area contributed by atoms with Gasteiger partial charge in [-0.05, 0) is 43.9 Å². The van der Waals surface area contributed by atoms with Crippen molar-refractivity contribution in [2.75, 3.05) is 11.6 Å². The van der Waals surface area contributed by atoms with Gasteiger partial charge in [-0.25, -0.2) is 4.79 Å². The van der Waals surface area contributed by atoms with E-state index in [1.165, 1.54) is 4.90 Å². The molecule has 0 aliphatic rings. The molecule has 0 spiro atoms. The van der Waals surface area contributed by atoms with Gasteiger partial charge in [-0.3, -0.25) is 0 Å². The Bertz CT molecular complexity index is 364. The smallest absolute Gasteiger partial charge is 0.329 e. The maximum absolute atomic E-state index is 11.1. The number of nitrogens with one attached hydrogen (secondary N) is 1. The number of aliphatic carboxylic acids is 1. The summed E-state index contributed by atoms with van der Waals surface area (Å²) in [6, 6.07) is 7.77. The van der Waals surface area contributed by atoms with Crippen LogP contribution in [0.5, 0.6) is 0 Å². The molecule has 0 saturated carbocycles. The van der Waals surface area contributed by atoms with Crippen LogP contribution in [0.3, 0.4) is 0 Å². The van der Waals surface area contributed by atoms with Crippen LogP contribution in [0.2, 0.25) is 0 Å². The first-order valence-corrected chi connectivity index (χ1v) is 6.40. The summed E-state index contributed by atoms with van der Waals surface area (Å²) in [5, 5.41) is 12.2. The Labute approximate surface area is 100 Å². The number of rotatable bonds is 5. The maximum Gasteiger partial charge on any atom is 0.329 e. The van der Waals surface area contributed by atoms with Crippen molar-refractivity contribution in [3.05, 3.63) is 24.3 Å². The fraction of sp³-hybridized carbons (Fsp3) is 0.417. The molecule has 0 saturated heterocycles. The van der Waals surface area contributed by atoms with E-state index in [0.29, 0.717) is 6.42 Å². The molecule has 0 bridgehead atoms. The monoisotopic (exact) mass is 239 g/mol. The lowest BCUT2D eigenvalue weighted by Crippen LogP contribution is -2.42. The SMILES string of the molecule is CCC(C)(Nc1ccc(SC)cc1)C(=O)O. The largest absolute Gasteiger partial charge is 0.480 e. The van der Waals surface area contributed by atoms with E-state index in [1.54, 1.807) is 18.7 Å². The zero-order valence-electron chi connectivity index (χ0n) is 9.78. The third-order valence-corrected chi connectivity index (χ3v) is 3.43. The van der Waals surface area contributed by atoms with Crippen LogP contribution in [0, 0.1) is 0 Å². The fourth-order valence-electron chi connectivity index (χ4n) is 1.29. The van der Waals surface area contributed by atoms with E-state index in [2.05, 4.69) is 5.32 Å². The van der Waals surface area contributed by atoms with E-state index in [1.807, 2.05) is 37.4 Å². The molecule has 1 aromatic rings. The summed E-state index contributed by atoms with van der Waals surface area (Å²) >= 11 is 1.66. The molecule has 1 unspecified atom stereocenters. The molecule has 4 heteroatoms. The van der Waals surface area contributed by atoms with Crippen molar-refractivity contribution in [3.63, 3.8) is 0 Å². The van der Waals surface area contributed by atoms with Gasteiger partial charge in [0.1, 0.15) is 5.54 Å². The highest BCUT2D eigenvalue weighted by molar-refractivity contribution is 7.98. The number of hydrogen-bond acceptors (Lipinski definition) is 3. The summed E-state index contributed by atoms with van der Waals surface area (Å²) in [5.74, 6) is -0.830. The molecule has 16 heavy (non-hydrogen) atoms. The Balaban J connectivity index is 2.82. The lowest BCUT2D eigenvalue weighted by atomic mass is 9.99. The van der Waals surface area contributed by atoms with Crippen molar-refractivity contribution in [2.24, 2.45) is 0 Å². The van der Waals surface area contributed by atoms with Crippen LogP contribution in [-0.4, -0.2) is 22.9 Å². The quantitative estimate of drug-likeness (QED) is 0.775. The van der Waals surface area contributed by atoms with Crippen LogP contribution in [0.4, 0.5) is 5.69 Å². The second kappa shape index (κ2) is 5.25. The maximum atomic E-state index is 11.1. The van der Waals surface area contributed by atoms with Gasteiger partial charge in [0, 0.05) is 10.6 Å². The van der Waals surface area contributed by atoms with E-state index in [-0.39, 0.29) is 0 Å². The third-order valence-electron chi connectivity index (χ3n) is 2.69. The Hall–Kier alpha value is -1.16. The van der Waals surface area contributed by atoms with Crippen molar-refractivity contribution < 1.29 is 9.90 Å². The lowest BCUT2D eigenvalue weighted by Gasteiger charge is -2.25. The molecule has 0 fully saturated rings. The lowest BCUT2D eigenvalue weighted by molar-refractivity contribution is -0.141. The van der Waals surface area contributed by atoms with Crippen LogP contribution < -0.4 is 5.32 Å². The van der Waals surface area contributed by atoms with Gasteiger partial charge in [0.15, 0.2) is 0 Å². The second-order valence-corrected chi connectivity index (χ2v) is 4.72.